The van der Waals surface area contributed by atoms with Crippen LogP contribution in [0.15, 0.2) is 27.1 Å². The number of ether oxygens (including phenoxy) is 1. The molecule has 0 heterocycles. The van der Waals surface area contributed by atoms with Crippen LogP contribution in [0.25, 0.3) is 0 Å². The lowest BCUT2D eigenvalue weighted by Crippen LogP contribution is -1.96. The van der Waals surface area contributed by atoms with E-state index < -0.39 is 0 Å². The monoisotopic (exact) mass is 306 g/mol. The average molecular weight is 308 g/mol. The molecule has 72 valence electrons. The average Bonchev–Trinajstić information content (AvgIpc) is 2.03. The van der Waals surface area contributed by atoms with Crippen LogP contribution in [0.3, 0.4) is 0 Å². The number of hydrogen-bond donors (Lipinski definition) is 0. The van der Waals surface area contributed by atoms with Crippen molar-refractivity contribution < 1.29 is 4.74 Å². The summed E-state index contributed by atoms with van der Waals surface area (Å²) in [4.78, 5) is 0. The van der Waals surface area contributed by atoms with Crippen LogP contribution in [0.2, 0.25) is 0 Å². The topological polar surface area (TPSA) is 9.23 Å². The summed E-state index contributed by atoms with van der Waals surface area (Å²) >= 11 is 6.82. The molecule has 0 atom stereocenters. The Hall–Kier alpha value is -0.0200. The molecule has 0 aliphatic heterocycles. The Morgan fingerprint density at radius 1 is 1.15 bits per heavy atom. The van der Waals surface area contributed by atoms with E-state index in [1.165, 1.54) is 0 Å². The highest BCUT2D eigenvalue weighted by Crippen LogP contribution is 2.24. The molecular formula is C10H12Br2O. The van der Waals surface area contributed by atoms with Gasteiger partial charge in [0, 0.05) is 8.95 Å². The molecule has 1 aromatic carbocycles. The van der Waals surface area contributed by atoms with E-state index in [4.69, 9.17) is 4.74 Å². The molecule has 0 spiro atoms. The van der Waals surface area contributed by atoms with E-state index in [9.17, 15) is 0 Å². The van der Waals surface area contributed by atoms with Crippen LogP contribution in [0, 0.1) is 0 Å². The molecule has 0 radical (unpaired) electrons. The summed E-state index contributed by atoms with van der Waals surface area (Å²) in [6, 6.07) is 5.94. The van der Waals surface area contributed by atoms with E-state index in [0.717, 1.165) is 34.1 Å². The zero-order valence-electron chi connectivity index (χ0n) is 7.52. The van der Waals surface area contributed by atoms with Gasteiger partial charge in [0.25, 0.3) is 0 Å². The first-order chi connectivity index (χ1) is 6.22. The van der Waals surface area contributed by atoms with Crippen molar-refractivity contribution in [2.75, 3.05) is 6.61 Å². The molecule has 1 aromatic rings. The number of rotatable bonds is 4. The van der Waals surface area contributed by atoms with Gasteiger partial charge in [0.15, 0.2) is 0 Å². The molecule has 0 amide bonds. The summed E-state index contributed by atoms with van der Waals surface area (Å²) in [5.41, 5.74) is 0. The van der Waals surface area contributed by atoms with Crippen LogP contribution in [0.4, 0.5) is 0 Å². The van der Waals surface area contributed by atoms with Crippen LogP contribution < -0.4 is 4.74 Å². The van der Waals surface area contributed by atoms with Gasteiger partial charge in [0.2, 0.25) is 0 Å². The molecular weight excluding hydrogens is 296 g/mol. The van der Waals surface area contributed by atoms with Crippen molar-refractivity contribution in [3.05, 3.63) is 27.1 Å². The number of hydrogen-bond acceptors (Lipinski definition) is 1. The summed E-state index contributed by atoms with van der Waals surface area (Å²) < 4.78 is 7.62. The lowest BCUT2D eigenvalue weighted by Gasteiger charge is -2.05. The van der Waals surface area contributed by atoms with Gasteiger partial charge in [-0.25, -0.2) is 0 Å². The van der Waals surface area contributed by atoms with Gasteiger partial charge in [-0.3, -0.25) is 0 Å². The first kappa shape index (κ1) is 11.1. The SMILES string of the molecule is CCCCOc1cc(Br)cc(Br)c1. The molecule has 0 aromatic heterocycles. The van der Waals surface area contributed by atoms with Crippen LogP contribution in [-0.4, -0.2) is 6.61 Å². The Morgan fingerprint density at radius 3 is 2.31 bits per heavy atom. The van der Waals surface area contributed by atoms with Crippen molar-refractivity contribution >= 4 is 31.9 Å². The number of unbranched alkanes of at least 4 members (excludes halogenated alkanes) is 1. The summed E-state index contributed by atoms with van der Waals surface area (Å²) in [5, 5.41) is 0. The Morgan fingerprint density at radius 2 is 1.77 bits per heavy atom. The van der Waals surface area contributed by atoms with Crippen LogP contribution in [-0.2, 0) is 0 Å². The van der Waals surface area contributed by atoms with Crippen molar-refractivity contribution in [1.82, 2.24) is 0 Å². The molecule has 0 aliphatic carbocycles. The van der Waals surface area contributed by atoms with Gasteiger partial charge in [-0.1, -0.05) is 45.2 Å². The van der Waals surface area contributed by atoms with Gasteiger partial charge in [-0.2, -0.15) is 0 Å². The second-order valence-corrected chi connectivity index (χ2v) is 4.64. The van der Waals surface area contributed by atoms with Gasteiger partial charge in [0.1, 0.15) is 5.75 Å². The largest absolute Gasteiger partial charge is 0.494 e. The summed E-state index contributed by atoms with van der Waals surface area (Å²) in [6.07, 6.45) is 2.26. The molecule has 0 saturated heterocycles. The third kappa shape index (κ3) is 4.14. The van der Waals surface area contributed by atoms with Crippen molar-refractivity contribution in [3.63, 3.8) is 0 Å². The Balaban J connectivity index is 2.56. The zero-order valence-corrected chi connectivity index (χ0v) is 10.7. The van der Waals surface area contributed by atoms with Crippen molar-refractivity contribution in [1.29, 1.82) is 0 Å². The normalized spacial score (nSPS) is 10.1. The Labute approximate surface area is 95.7 Å². The highest BCUT2D eigenvalue weighted by molar-refractivity contribution is 9.11. The van der Waals surface area contributed by atoms with Gasteiger partial charge in [0.05, 0.1) is 6.61 Å². The van der Waals surface area contributed by atoms with E-state index in [1.54, 1.807) is 0 Å². The molecule has 13 heavy (non-hydrogen) atoms. The molecule has 0 saturated carbocycles. The van der Waals surface area contributed by atoms with Crippen molar-refractivity contribution in [2.24, 2.45) is 0 Å². The van der Waals surface area contributed by atoms with Gasteiger partial charge < -0.3 is 4.74 Å². The minimum Gasteiger partial charge on any atom is -0.494 e. The third-order valence-electron chi connectivity index (χ3n) is 1.60. The maximum atomic E-state index is 5.55. The first-order valence-corrected chi connectivity index (χ1v) is 5.90. The summed E-state index contributed by atoms with van der Waals surface area (Å²) in [5.74, 6) is 0.912. The predicted octanol–water partition coefficient (Wildman–Crippen LogP) is 4.39. The number of halogens is 2. The maximum absolute atomic E-state index is 5.55. The standard InChI is InChI=1S/C10H12Br2O/c1-2-3-4-13-10-6-8(11)5-9(12)7-10/h5-7H,2-4H2,1H3. The molecule has 1 nitrogen and oxygen atoms in total. The molecule has 0 fully saturated rings. The fourth-order valence-corrected chi connectivity index (χ4v) is 2.20. The highest BCUT2D eigenvalue weighted by Gasteiger charge is 1.97. The lowest BCUT2D eigenvalue weighted by molar-refractivity contribution is 0.309. The fraction of sp³-hybridized carbons (Fsp3) is 0.400. The van der Waals surface area contributed by atoms with E-state index in [0.29, 0.717) is 0 Å². The fourth-order valence-electron chi connectivity index (χ4n) is 0.946. The second-order valence-electron chi connectivity index (χ2n) is 2.81. The quantitative estimate of drug-likeness (QED) is 0.750. The lowest BCUT2D eigenvalue weighted by atomic mass is 10.3. The van der Waals surface area contributed by atoms with Crippen LogP contribution in [0.5, 0.6) is 5.75 Å². The molecule has 3 heteroatoms. The van der Waals surface area contributed by atoms with Crippen molar-refractivity contribution in [3.8, 4) is 5.75 Å². The Kier molecular flexibility index (Phi) is 4.81. The van der Waals surface area contributed by atoms with E-state index in [1.807, 2.05) is 18.2 Å². The van der Waals surface area contributed by atoms with Crippen LogP contribution >= 0.6 is 31.9 Å². The molecule has 0 bridgehead atoms. The molecule has 0 N–H and O–H groups in total. The van der Waals surface area contributed by atoms with Crippen molar-refractivity contribution in [2.45, 2.75) is 19.8 Å². The number of benzene rings is 1. The molecule has 0 unspecified atom stereocenters. The molecule has 1 rings (SSSR count). The van der Waals surface area contributed by atoms with Crippen LogP contribution in [0.1, 0.15) is 19.8 Å². The highest BCUT2D eigenvalue weighted by atomic mass is 79.9. The molecule has 0 aliphatic rings. The summed E-state index contributed by atoms with van der Waals surface area (Å²) in [7, 11) is 0. The second kappa shape index (κ2) is 5.66. The predicted molar refractivity (Wildman–Crippen MR) is 62.2 cm³/mol. The third-order valence-corrected chi connectivity index (χ3v) is 2.52. The van der Waals surface area contributed by atoms with E-state index in [2.05, 4.69) is 38.8 Å². The van der Waals surface area contributed by atoms with Gasteiger partial charge in [-0.15, -0.1) is 0 Å². The first-order valence-electron chi connectivity index (χ1n) is 4.31. The smallest absolute Gasteiger partial charge is 0.121 e. The van der Waals surface area contributed by atoms with Gasteiger partial charge in [-0.05, 0) is 24.6 Å². The van der Waals surface area contributed by atoms with E-state index in [-0.39, 0.29) is 0 Å². The minimum absolute atomic E-state index is 0.791. The van der Waals surface area contributed by atoms with E-state index >= 15 is 0 Å². The minimum atomic E-state index is 0.791. The zero-order chi connectivity index (χ0) is 9.68. The maximum Gasteiger partial charge on any atom is 0.121 e. The van der Waals surface area contributed by atoms with Gasteiger partial charge >= 0.3 is 0 Å². The summed E-state index contributed by atoms with van der Waals surface area (Å²) in [6.45, 7) is 2.94. The Bertz CT molecular complexity index is 253.